The second kappa shape index (κ2) is 8.37. The first kappa shape index (κ1) is 14.1. The molecule has 0 saturated heterocycles. The van der Waals surface area contributed by atoms with Gasteiger partial charge in [-0.1, -0.05) is 0 Å². The van der Waals surface area contributed by atoms with Crippen molar-refractivity contribution in [2.24, 2.45) is 0 Å². The fraction of sp³-hybridized carbons (Fsp3) is 1.00. The summed E-state index contributed by atoms with van der Waals surface area (Å²) in [5.41, 5.74) is 8.79. The van der Waals surface area contributed by atoms with Gasteiger partial charge in [-0.15, -0.1) is 5.73 Å². The van der Waals surface area contributed by atoms with Gasteiger partial charge in [-0.3, -0.25) is 0 Å². The molecule has 5 heteroatoms. The highest BCUT2D eigenvalue weighted by atomic mass is 28.4. The van der Waals surface area contributed by atoms with E-state index in [1.54, 1.807) is 0 Å². The van der Waals surface area contributed by atoms with Crippen molar-refractivity contribution < 1.29 is 13.3 Å². The van der Waals surface area contributed by atoms with Gasteiger partial charge in [0.15, 0.2) is 0 Å². The van der Waals surface area contributed by atoms with E-state index in [-0.39, 0.29) is 6.54 Å². The summed E-state index contributed by atoms with van der Waals surface area (Å²) in [6.07, 6.45) is 0.673. The molecule has 0 amide bonds. The summed E-state index contributed by atoms with van der Waals surface area (Å²) in [5.74, 6) is 0. The van der Waals surface area contributed by atoms with Crippen molar-refractivity contribution in [1.82, 2.24) is 5.73 Å². The quantitative estimate of drug-likeness (QED) is 0.552. The molecular weight excluding hydrogens is 198 g/mol. The minimum Gasteiger partial charge on any atom is -0.374 e. The van der Waals surface area contributed by atoms with Crippen molar-refractivity contribution in [3.05, 3.63) is 0 Å². The molecular formula is C9H21NO3Si. The Labute approximate surface area is 88.1 Å². The highest BCUT2D eigenvalue weighted by Gasteiger charge is 2.39. The average molecular weight is 219 g/mol. The molecule has 0 bridgehead atoms. The van der Waals surface area contributed by atoms with E-state index in [0.717, 1.165) is 0 Å². The smallest absolute Gasteiger partial charge is 0.374 e. The Morgan fingerprint density at radius 2 is 1.36 bits per heavy atom. The van der Waals surface area contributed by atoms with Gasteiger partial charge >= 0.3 is 8.80 Å². The Hall–Kier alpha value is 0.0569. The van der Waals surface area contributed by atoms with Gasteiger partial charge in [-0.25, -0.2) is 0 Å². The van der Waals surface area contributed by atoms with Crippen LogP contribution < -0.4 is 5.73 Å². The molecule has 0 atom stereocenters. The molecule has 0 heterocycles. The maximum atomic E-state index is 8.79. The van der Waals surface area contributed by atoms with Crippen LogP contribution in [0.25, 0.3) is 0 Å². The SMILES string of the molecule is CCO[Si](CCC[N])(OCC)OCC. The molecule has 0 saturated carbocycles. The van der Waals surface area contributed by atoms with Crippen LogP contribution in [-0.2, 0) is 13.3 Å². The molecule has 0 spiro atoms. The molecule has 14 heavy (non-hydrogen) atoms. The lowest BCUT2D eigenvalue weighted by atomic mass is 10.5. The summed E-state index contributed by atoms with van der Waals surface area (Å²) in [6, 6.07) is 0.693. The number of hydrogen-bond donors (Lipinski definition) is 0. The lowest BCUT2D eigenvalue weighted by Gasteiger charge is -2.28. The standard InChI is InChI=1S/C9H21NO3Si/c1-4-11-14(12-5-2,13-6-3)9-7-8-10/h4-9H2,1-3H3. The average Bonchev–Trinajstić information content (AvgIpc) is 2.16. The Morgan fingerprint density at radius 1 is 0.929 bits per heavy atom. The van der Waals surface area contributed by atoms with E-state index in [2.05, 4.69) is 0 Å². The number of hydrogen-bond acceptors (Lipinski definition) is 3. The van der Waals surface area contributed by atoms with Crippen LogP contribution in [0.3, 0.4) is 0 Å². The highest BCUT2D eigenvalue weighted by molar-refractivity contribution is 6.60. The molecule has 84 valence electrons. The summed E-state index contributed by atoms with van der Waals surface area (Å²) in [6.45, 7) is 7.73. The van der Waals surface area contributed by atoms with Gasteiger partial charge in [0.25, 0.3) is 0 Å². The summed E-state index contributed by atoms with van der Waals surface area (Å²) >= 11 is 0. The van der Waals surface area contributed by atoms with E-state index in [0.29, 0.717) is 32.3 Å². The zero-order valence-corrected chi connectivity index (χ0v) is 10.4. The highest BCUT2D eigenvalue weighted by Crippen LogP contribution is 2.17. The maximum absolute atomic E-state index is 8.79. The predicted octanol–water partition coefficient (Wildman–Crippen LogP) is 1.49. The molecule has 0 aliphatic carbocycles. The molecule has 0 aromatic rings. The zero-order valence-electron chi connectivity index (χ0n) is 9.41. The second-order valence-corrected chi connectivity index (χ2v) is 5.54. The fourth-order valence-corrected chi connectivity index (χ4v) is 3.89. The minimum atomic E-state index is -2.48. The van der Waals surface area contributed by atoms with Crippen LogP contribution >= 0.6 is 0 Å². The predicted molar refractivity (Wildman–Crippen MR) is 57.1 cm³/mol. The van der Waals surface area contributed by atoms with Crippen LogP contribution in [-0.4, -0.2) is 35.2 Å². The van der Waals surface area contributed by atoms with Crippen molar-refractivity contribution >= 4 is 8.80 Å². The Bertz CT molecular complexity index is 118. The Kier molecular flexibility index (Phi) is 8.41. The molecule has 0 aromatic heterocycles. The molecule has 0 N–H and O–H groups in total. The molecule has 0 aromatic carbocycles. The zero-order chi connectivity index (χ0) is 10.9. The van der Waals surface area contributed by atoms with Gasteiger partial charge in [-0.05, 0) is 27.2 Å². The van der Waals surface area contributed by atoms with Gasteiger partial charge in [0.1, 0.15) is 0 Å². The minimum absolute atomic E-state index is 0.155. The van der Waals surface area contributed by atoms with Crippen LogP contribution in [0.2, 0.25) is 6.04 Å². The van der Waals surface area contributed by atoms with E-state index < -0.39 is 8.80 Å². The van der Waals surface area contributed by atoms with E-state index in [9.17, 15) is 0 Å². The van der Waals surface area contributed by atoms with Crippen LogP contribution in [0.1, 0.15) is 27.2 Å². The summed E-state index contributed by atoms with van der Waals surface area (Å²) in [4.78, 5) is 0. The first-order valence-corrected chi connectivity index (χ1v) is 7.20. The molecule has 0 rings (SSSR count). The summed E-state index contributed by atoms with van der Waals surface area (Å²) < 4.78 is 16.8. The third-order valence-corrected chi connectivity index (χ3v) is 4.89. The van der Waals surface area contributed by atoms with E-state index in [1.165, 1.54) is 0 Å². The second-order valence-electron chi connectivity index (χ2n) is 2.81. The molecule has 0 unspecified atom stereocenters. The topological polar surface area (TPSA) is 50.0 Å². The first-order chi connectivity index (χ1) is 6.74. The largest absolute Gasteiger partial charge is 0.500 e. The van der Waals surface area contributed by atoms with Gasteiger partial charge in [0, 0.05) is 32.4 Å². The third kappa shape index (κ3) is 5.07. The van der Waals surface area contributed by atoms with Crippen molar-refractivity contribution in [3.8, 4) is 0 Å². The fourth-order valence-electron chi connectivity index (χ4n) is 1.30. The van der Waals surface area contributed by atoms with Gasteiger partial charge in [0.2, 0.25) is 0 Å². The molecule has 0 aliphatic heterocycles. The number of nitrogens with zero attached hydrogens (tertiary/aromatic N) is 1. The van der Waals surface area contributed by atoms with Crippen molar-refractivity contribution in [1.29, 1.82) is 0 Å². The van der Waals surface area contributed by atoms with E-state index in [1.807, 2.05) is 20.8 Å². The van der Waals surface area contributed by atoms with E-state index >= 15 is 0 Å². The van der Waals surface area contributed by atoms with Crippen molar-refractivity contribution in [2.75, 3.05) is 26.4 Å². The Morgan fingerprint density at radius 3 is 1.64 bits per heavy atom. The normalized spacial score (nSPS) is 12.0. The van der Waals surface area contributed by atoms with Gasteiger partial charge < -0.3 is 13.3 Å². The van der Waals surface area contributed by atoms with Crippen LogP contribution in [0, 0.1) is 0 Å². The molecule has 2 radical (unpaired) electrons. The van der Waals surface area contributed by atoms with E-state index in [4.69, 9.17) is 19.0 Å². The first-order valence-electron chi connectivity index (χ1n) is 5.27. The van der Waals surface area contributed by atoms with Crippen LogP contribution in [0.15, 0.2) is 0 Å². The molecule has 4 nitrogen and oxygen atoms in total. The lowest BCUT2D eigenvalue weighted by molar-refractivity contribution is 0.0709. The monoisotopic (exact) mass is 219 g/mol. The van der Waals surface area contributed by atoms with Crippen LogP contribution in [0.5, 0.6) is 0 Å². The lowest BCUT2D eigenvalue weighted by Crippen LogP contribution is -2.46. The summed E-state index contributed by atoms with van der Waals surface area (Å²) in [5, 5.41) is 0. The molecule has 0 fully saturated rings. The summed E-state index contributed by atoms with van der Waals surface area (Å²) in [7, 11) is -2.48. The van der Waals surface area contributed by atoms with Crippen molar-refractivity contribution in [3.63, 3.8) is 0 Å². The van der Waals surface area contributed by atoms with Crippen molar-refractivity contribution in [2.45, 2.75) is 33.2 Å². The molecule has 0 aliphatic rings. The van der Waals surface area contributed by atoms with Crippen LogP contribution in [0.4, 0.5) is 0 Å². The number of rotatable bonds is 9. The van der Waals surface area contributed by atoms with Gasteiger partial charge in [0.05, 0.1) is 0 Å². The van der Waals surface area contributed by atoms with Gasteiger partial charge in [-0.2, -0.15) is 0 Å². The maximum Gasteiger partial charge on any atom is 0.500 e. The third-order valence-electron chi connectivity index (χ3n) is 1.73. The Balaban J connectivity index is 4.21.